The monoisotopic (exact) mass is 223 g/mol. The zero-order chi connectivity index (χ0) is 10.8. The Morgan fingerprint density at radius 1 is 1.53 bits per heavy atom. The average Bonchev–Trinajstić information content (AvgIpc) is 3.00. The Morgan fingerprint density at radius 3 is 3.07 bits per heavy atom. The van der Waals surface area contributed by atoms with Gasteiger partial charge in [-0.2, -0.15) is 0 Å². The molecule has 3 atom stereocenters. The van der Waals surface area contributed by atoms with Gasteiger partial charge in [0.15, 0.2) is 0 Å². The Kier molecular flexibility index (Phi) is 2.96. The van der Waals surface area contributed by atoms with Crippen molar-refractivity contribution in [2.45, 2.75) is 18.7 Å². The molecule has 0 spiro atoms. The van der Waals surface area contributed by atoms with Gasteiger partial charge in [-0.1, -0.05) is 35.5 Å². The zero-order valence-electron chi connectivity index (χ0n) is 8.60. The fourth-order valence-corrected chi connectivity index (χ4v) is 2.10. The molecule has 0 aliphatic heterocycles. The Labute approximate surface area is 94.6 Å². The summed E-state index contributed by atoms with van der Waals surface area (Å²) in [5.41, 5.74) is 2.10. The molecule has 3 heteroatoms. The maximum atomic E-state index is 8.67. The molecule has 2 aliphatic carbocycles. The van der Waals surface area contributed by atoms with E-state index < -0.39 is 0 Å². The number of nitrogens with zero attached hydrogens (tertiary/aromatic N) is 1. The number of alkyl halides is 1. The first-order chi connectivity index (χ1) is 7.22. The van der Waals surface area contributed by atoms with Crippen molar-refractivity contribution in [2.75, 3.05) is 0 Å². The van der Waals surface area contributed by atoms with Crippen molar-refractivity contribution in [1.82, 2.24) is 0 Å². The third kappa shape index (κ3) is 2.32. The Hall–Kier alpha value is -1.02. The van der Waals surface area contributed by atoms with Gasteiger partial charge in [-0.05, 0) is 24.8 Å². The predicted octanol–water partition coefficient (Wildman–Crippen LogP) is 3.13. The van der Waals surface area contributed by atoms with Crippen LogP contribution in [0.2, 0.25) is 0 Å². The molecular weight excluding hydrogens is 210 g/mol. The minimum Gasteiger partial charge on any atom is -0.411 e. The summed E-state index contributed by atoms with van der Waals surface area (Å²) in [6.45, 7) is 1.87. The van der Waals surface area contributed by atoms with Crippen LogP contribution in [0.15, 0.2) is 41.1 Å². The molecule has 2 rings (SSSR count). The van der Waals surface area contributed by atoms with Crippen molar-refractivity contribution in [3.05, 3.63) is 36.0 Å². The molecule has 0 aromatic rings. The quantitative estimate of drug-likeness (QED) is 0.332. The van der Waals surface area contributed by atoms with Crippen molar-refractivity contribution in [2.24, 2.45) is 17.0 Å². The molecule has 0 radical (unpaired) electrons. The summed E-state index contributed by atoms with van der Waals surface area (Å²) in [4.78, 5) is 0. The summed E-state index contributed by atoms with van der Waals surface area (Å²) < 4.78 is 0. The summed E-state index contributed by atoms with van der Waals surface area (Å²) in [6, 6.07) is 0. The molecule has 0 bridgehead atoms. The van der Waals surface area contributed by atoms with E-state index in [1.807, 2.05) is 25.2 Å². The molecule has 0 aromatic carbocycles. The molecule has 2 nitrogen and oxygen atoms in total. The van der Waals surface area contributed by atoms with Crippen LogP contribution in [0.5, 0.6) is 0 Å². The number of rotatable bonds is 2. The highest BCUT2D eigenvalue weighted by Gasteiger charge is 2.41. The second kappa shape index (κ2) is 4.23. The summed E-state index contributed by atoms with van der Waals surface area (Å²) >= 11 is 5.97. The number of hydrogen-bond acceptors (Lipinski definition) is 2. The second-order valence-corrected chi connectivity index (χ2v) is 4.55. The molecule has 0 heterocycles. The van der Waals surface area contributed by atoms with Gasteiger partial charge in [0, 0.05) is 5.92 Å². The van der Waals surface area contributed by atoms with Gasteiger partial charge in [-0.3, -0.25) is 0 Å². The van der Waals surface area contributed by atoms with E-state index in [2.05, 4.69) is 17.3 Å². The van der Waals surface area contributed by atoms with Crippen LogP contribution in [0, 0.1) is 11.8 Å². The van der Waals surface area contributed by atoms with E-state index in [1.54, 1.807) is 0 Å². The van der Waals surface area contributed by atoms with E-state index in [0.717, 1.165) is 12.1 Å². The molecule has 1 fully saturated rings. The van der Waals surface area contributed by atoms with E-state index in [-0.39, 0.29) is 5.38 Å². The molecule has 3 unspecified atom stereocenters. The van der Waals surface area contributed by atoms with Gasteiger partial charge in [0.25, 0.3) is 0 Å². The maximum Gasteiger partial charge on any atom is 0.0703 e. The minimum atomic E-state index is -0.0106. The third-order valence-corrected chi connectivity index (χ3v) is 3.26. The number of allylic oxidation sites excluding steroid dienone is 6. The van der Waals surface area contributed by atoms with E-state index in [0.29, 0.717) is 11.8 Å². The van der Waals surface area contributed by atoms with Crippen molar-refractivity contribution >= 4 is 17.3 Å². The van der Waals surface area contributed by atoms with Crippen LogP contribution in [-0.2, 0) is 0 Å². The fraction of sp³-hybridized carbons (Fsp3) is 0.417. The van der Waals surface area contributed by atoms with Crippen molar-refractivity contribution in [3.63, 3.8) is 0 Å². The maximum absolute atomic E-state index is 8.67. The zero-order valence-corrected chi connectivity index (χ0v) is 9.35. The normalized spacial score (nSPS) is 34.9. The van der Waals surface area contributed by atoms with Crippen LogP contribution in [-0.4, -0.2) is 16.3 Å². The lowest BCUT2D eigenvalue weighted by molar-refractivity contribution is 0.316. The summed E-state index contributed by atoms with van der Waals surface area (Å²) in [6.07, 6.45) is 11.2. The molecule has 1 saturated carbocycles. The first-order valence-corrected chi connectivity index (χ1v) is 5.55. The van der Waals surface area contributed by atoms with E-state index in [9.17, 15) is 0 Å². The lowest BCUT2D eigenvalue weighted by Crippen LogP contribution is -1.97. The van der Waals surface area contributed by atoms with E-state index in [1.165, 1.54) is 5.57 Å². The van der Waals surface area contributed by atoms with Crippen LogP contribution in [0.4, 0.5) is 0 Å². The molecule has 15 heavy (non-hydrogen) atoms. The first kappa shape index (κ1) is 10.5. The minimum absolute atomic E-state index is 0.0106. The first-order valence-electron chi connectivity index (χ1n) is 5.11. The lowest BCUT2D eigenvalue weighted by atomic mass is 10.1. The Balaban J connectivity index is 2.06. The lowest BCUT2D eigenvalue weighted by Gasteiger charge is -1.99. The third-order valence-electron chi connectivity index (χ3n) is 2.97. The van der Waals surface area contributed by atoms with Crippen LogP contribution in [0.25, 0.3) is 0 Å². The molecule has 1 N–H and O–H groups in total. The van der Waals surface area contributed by atoms with Gasteiger partial charge in [-0.25, -0.2) is 0 Å². The van der Waals surface area contributed by atoms with Crippen LogP contribution in [0.3, 0.4) is 0 Å². The van der Waals surface area contributed by atoms with Gasteiger partial charge >= 0.3 is 0 Å². The average molecular weight is 224 g/mol. The Morgan fingerprint density at radius 2 is 2.33 bits per heavy atom. The fourth-order valence-electron chi connectivity index (χ4n) is 1.94. The number of hydrogen-bond donors (Lipinski definition) is 1. The van der Waals surface area contributed by atoms with Crippen LogP contribution < -0.4 is 0 Å². The van der Waals surface area contributed by atoms with Crippen molar-refractivity contribution < 1.29 is 5.21 Å². The largest absolute Gasteiger partial charge is 0.411 e. The predicted molar refractivity (Wildman–Crippen MR) is 62.5 cm³/mol. The standard InChI is InChI=1S/C12H14ClNO/c1-8(14-15)11-7-12(11)9-3-2-4-10(13)6-5-9/h2-6,10-12,15H,7H2,1H3/b14-8+. The van der Waals surface area contributed by atoms with E-state index >= 15 is 0 Å². The van der Waals surface area contributed by atoms with Gasteiger partial charge < -0.3 is 5.21 Å². The van der Waals surface area contributed by atoms with Crippen LogP contribution >= 0.6 is 11.6 Å². The SMILES string of the molecule is C/C(=N\O)C1CC1C1=CC=CC(Cl)C=C1. The van der Waals surface area contributed by atoms with Gasteiger partial charge in [-0.15, -0.1) is 11.6 Å². The second-order valence-electron chi connectivity index (χ2n) is 4.05. The molecule has 80 valence electrons. The summed E-state index contributed by atoms with van der Waals surface area (Å²) in [5.74, 6) is 0.912. The van der Waals surface area contributed by atoms with Crippen LogP contribution in [0.1, 0.15) is 13.3 Å². The van der Waals surface area contributed by atoms with E-state index in [4.69, 9.17) is 16.8 Å². The molecule has 0 amide bonds. The molecule has 0 aromatic heterocycles. The van der Waals surface area contributed by atoms with Gasteiger partial charge in [0.05, 0.1) is 11.1 Å². The van der Waals surface area contributed by atoms with Gasteiger partial charge in [0.2, 0.25) is 0 Å². The molecule has 2 aliphatic rings. The highest BCUT2D eigenvalue weighted by molar-refractivity contribution is 6.23. The highest BCUT2D eigenvalue weighted by Crippen LogP contribution is 2.45. The molecule has 0 saturated heterocycles. The highest BCUT2D eigenvalue weighted by atomic mass is 35.5. The van der Waals surface area contributed by atoms with Gasteiger partial charge in [0.1, 0.15) is 0 Å². The summed E-state index contributed by atoms with van der Waals surface area (Å²) in [5, 5.41) is 11.9. The van der Waals surface area contributed by atoms with Crippen molar-refractivity contribution in [3.8, 4) is 0 Å². The number of halogens is 1. The smallest absolute Gasteiger partial charge is 0.0703 e. The topological polar surface area (TPSA) is 32.6 Å². The molecular formula is C12H14ClNO. The summed E-state index contributed by atoms with van der Waals surface area (Å²) in [7, 11) is 0. The Bertz CT molecular complexity index is 368. The number of oxime groups is 1. The van der Waals surface area contributed by atoms with Crippen molar-refractivity contribution in [1.29, 1.82) is 0 Å².